The van der Waals surface area contributed by atoms with Crippen LogP contribution in [0.1, 0.15) is 37.4 Å². The van der Waals surface area contributed by atoms with Crippen LogP contribution < -0.4 is 9.47 Å². The van der Waals surface area contributed by atoms with Crippen molar-refractivity contribution in [3.8, 4) is 11.5 Å². The Morgan fingerprint density at radius 1 is 1.03 bits per heavy atom. The van der Waals surface area contributed by atoms with Gasteiger partial charge in [-0.15, -0.1) is 0 Å². The van der Waals surface area contributed by atoms with E-state index in [4.69, 9.17) is 9.47 Å². The van der Waals surface area contributed by atoms with E-state index < -0.39 is 17.7 Å². The maximum atomic E-state index is 13.1. The van der Waals surface area contributed by atoms with Crippen molar-refractivity contribution in [2.75, 3.05) is 39.4 Å². The van der Waals surface area contributed by atoms with Crippen LogP contribution >= 0.6 is 0 Å². The predicted octanol–water partition coefficient (Wildman–Crippen LogP) is 3.61. The molecule has 174 valence electrons. The Morgan fingerprint density at radius 2 is 1.73 bits per heavy atom. The number of aliphatic hydroxyl groups is 1. The molecule has 1 fully saturated rings. The minimum absolute atomic E-state index is 0.103. The molecule has 0 aliphatic carbocycles. The van der Waals surface area contributed by atoms with Gasteiger partial charge in [0.25, 0.3) is 11.7 Å². The Morgan fingerprint density at radius 3 is 2.42 bits per heavy atom. The van der Waals surface area contributed by atoms with Crippen LogP contribution in [0.2, 0.25) is 0 Å². The van der Waals surface area contributed by atoms with E-state index in [0.717, 1.165) is 31.6 Å². The molecule has 1 saturated heterocycles. The molecule has 0 saturated carbocycles. The number of amides is 1. The lowest BCUT2D eigenvalue weighted by atomic mass is 9.95. The molecule has 2 aliphatic heterocycles. The quantitative estimate of drug-likeness (QED) is 0.376. The first kappa shape index (κ1) is 22.9. The van der Waals surface area contributed by atoms with E-state index in [-0.39, 0.29) is 11.3 Å². The predicted molar refractivity (Wildman–Crippen MR) is 125 cm³/mol. The van der Waals surface area contributed by atoms with Gasteiger partial charge in [0.1, 0.15) is 19.0 Å². The highest BCUT2D eigenvalue weighted by atomic mass is 16.6. The summed E-state index contributed by atoms with van der Waals surface area (Å²) in [7, 11) is 0. The molecule has 7 heteroatoms. The monoisotopic (exact) mass is 450 g/mol. The number of carbonyl (C=O) groups is 2. The zero-order valence-corrected chi connectivity index (χ0v) is 19.1. The fourth-order valence-electron chi connectivity index (χ4n) is 4.44. The largest absolute Gasteiger partial charge is 0.507 e. The number of ketones is 1. The van der Waals surface area contributed by atoms with Crippen LogP contribution in [0.4, 0.5) is 0 Å². The van der Waals surface area contributed by atoms with Gasteiger partial charge in [-0.3, -0.25) is 9.59 Å². The molecule has 0 radical (unpaired) electrons. The van der Waals surface area contributed by atoms with Crippen LogP contribution in [0.15, 0.2) is 54.1 Å². The molecule has 2 aromatic carbocycles. The molecule has 1 atom stereocenters. The van der Waals surface area contributed by atoms with E-state index in [1.54, 1.807) is 23.1 Å². The van der Waals surface area contributed by atoms with E-state index in [1.807, 2.05) is 30.3 Å². The van der Waals surface area contributed by atoms with E-state index in [1.165, 1.54) is 0 Å². The molecule has 2 heterocycles. The minimum atomic E-state index is -0.668. The van der Waals surface area contributed by atoms with Gasteiger partial charge in [0, 0.05) is 12.1 Å². The van der Waals surface area contributed by atoms with Crippen molar-refractivity contribution >= 4 is 17.4 Å². The molecule has 0 spiro atoms. The van der Waals surface area contributed by atoms with E-state index in [9.17, 15) is 14.7 Å². The summed E-state index contributed by atoms with van der Waals surface area (Å²) in [6, 6.07) is 13.8. The van der Waals surface area contributed by atoms with Gasteiger partial charge in [0.2, 0.25) is 0 Å². The van der Waals surface area contributed by atoms with Crippen molar-refractivity contribution in [3.63, 3.8) is 0 Å². The molecular formula is C26H30N2O5. The highest BCUT2D eigenvalue weighted by Crippen LogP contribution is 2.41. The normalized spacial score (nSPS) is 19.4. The molecular weight excluding hydrogens is 420 g/mol. The van der Waals surface area contributed by atoms with Crippen molar-refractivity contribution in [3.05, 3.63) is 65.2 Å². The third-order valence-electron chi connectivity index (χ3n) is 6.24. The van der Waals surface area contributed by atoms with Crippen LogP contribution in [0.3, 0.4) is 0 Å². The van der Waals surface area contributed by atoms with Gasteiger partial charge in [0.05, 0.1) is 11.6 Å². The van der Waals surface area contributed by atoms with Gasteiger partial charge in [-0.2, -0.15) is 0 Å². The second kappa shape index (κ2) is 10.1. The lowest BCUT2D eigenvalue weighted by Gasteiger charge is -2.27. The van der Waals surface area contributed by atoms with E-state index in [0.29, 0.717) is 36.8 Å². The molecule has 1 amide bonds. The number of Topliss-reactive ketones (excluding diaryl/α,β-unsaturated/α-hetero) is 1. The van der Waals surface area contributed by atoms with Crippen LogP contribution in [0, 0.1) is 0 Å². The average molecular weight is 451 g/mol. The van der Waals surface area contributed by atoms with Gasteiger partial charge in [0.15, 0.2) is 11.5 Å². The standard InChI is InChI=1S/C26H30N2O5/c1-3-27(4-2)13-8-14-28-23(18-9-6-5-7-10-18)22(25(30)26(28)31)24(29)19-11-12-20-21(17-19)33-16-15-32-20/h5-7,9-12,17,23,29H,3-4,8,13-16H2,1-2H3/b24-22-. The van der Waals surface area contributed by atoms with Gasteiger partial charge in [-0.1, -0.05) is 44.2 Å². The summed E-state index contributed by atoms with van der Waals surface area (Å²) in [4.78, 5) is 30.1. The summed E-state index contributed by atoms with van der Waals surface area (Å²) in [6.45, 7) is 8.21. The summed E-state index contributed by atoms with van der Waals surface area (Å²) in [5, 5.41) is 11.2. The highest BCUT2D eigenvalue weighted by molar-refractivity contribution is 6.46. The van der Waals surface area contributed by atoms with Crippen molar-refractivity contribution < 1.29 is 24.2 Å². The fourth-order valence-corrected chi connectivity index (χ4v) is 4.44. The van der Waals surface area contributed by atoms with E-state index in [2.05, 4.69) is 18.7 Å². The number of aliphatic hydroxyl groups excluding tert-OH is 1. The number of rotatable bonds is 8. The summed E-state index contributed by atoms with van der Waals surface area (Å²) >= 11 is 0. The summed E-state index contributed by atoms with van der Waals surface area (Å²) in [6.07, 6.45) is 0.738. The molecule has 1 N–H and O–H groups in total. The number of hydrogen-bond donors (Lipinski definition) is 1. The third-order valence-corrected chi connectivity index (χ3v) is 6.24. The zero-order chi connectivity index (χ0) is 23.4. The molecule has 1 unspecified atom stereocenters. The van der Waals surface area contributed by atoms with Gasteiger partial charge in [-0.05, 0) is 49.8 Å². The Bertz CT molecular complexity index is 1050. The van der Waals surface area contributed by atoms with Crippen LogP contribution in [0.25, 0.3) is 5.76 Å². The average Bonchev–Trinajstić information content (AvgIpc) is 3.11. The Labute approximate surface area is 194 Å². The van der Waals surface area contributed by atoms with Gasteiger partial charge in [-0.25, -0.2) is 0 Å². The molecule has 7 nitrogen and oxygen atoms in total. The van der Waals surface area contributed by atoms with Crippen molar-refractivity contribution in [2.24, 2.45) is 0 Å². The van der Waals surface area contributed by atoms with Crippen molar-refractivity contribution in [1.82, 2.24) is 9.80 Å². The first-order chi connectivity index (χ1) is 16.0. The zero-order valence-electron chi connectivity index (χ0n) is 19.1. The smallest absolute Gasteiger partial charge is 0.295 e. The van der Waals surface area contributed by atoms with Crippen LogP contribution in [0.5, 0.6) is 11.5 Å². The second-order valence-corrected chi connectivity index (χ2v) is 8.14. The molecule has 2 aromatic rings. The Balaban J connectivity index is 1.71. The fraction of sp³-hybridized carbons (Fsp3) is 0.385. The maximum Gasteiger partial charge on any atom is 0.295 e. The molecule has 0 aromatic heterocycles. The second-order valence-electron chi connectivity index (χ2n) is 8.14. The number of likely N-dealkylation sites (tertiary alicyclic amines) is 1. The number of hydrogen-bond acceptors (Lipinski definition) is 6. The summed E-state index contributed by atoms with van der Waals surface area (Å²) in [5.41, 5.74) is 1.31. The molecule has 4 rings (SSSR count). The molecule has 33 heavy (non-hydrogen) atoms. The highest BCUT2D eigenvalue weighted by Gasteiger charge is 2.45. The number of ether oxygens (including phenoxy) is 2. The Kier molecular flexibility index (Phi) is 6.99. The number of nitrogens with zero attached hydrogens (tertiary/aromatic N) is 2. The first-order valence-corrected chi connectivity index (χ1v) is 11.5. The van der Waals surface area contributed by atoms with E-state index >= 15 is 0 Å². The topological polar surface area (TPSA) is 79.3 Å². The van der Waals surface area contributed by atoms with Crippen molar-refractivity contribution in [1.29, 1.82) is 0 Å². The number of carbonyl (C=O) groups excluding carboxylic acids is 2. The SMILES string of the molecule is CCN(CC)CCCN1C(=O)C(=O)/C(=C(\O)c2ccc3c(c2)OCCO3)C1c1ccccc1. The minimum Gasteiger partial charge on any atom is -0.507 e. The first-order valence-electron chi connectivity index (χ1n) is 11.5. The third kappa shape index (κ3) is 4.59. The van der Waals surface area contributed by atoms with Gasteiger partial charge < -0.3 is 24.4 Å². The number of fused-ring (bicyclic) bond motifs is 1. The molecule has 0 bridgehead atoms. The van der Waals surface area contributed by atoms with Crippen LogP contribution in [-0.4, -0.2) is 66.0 Å². The molecule has 2 aliphatic rings. The van der Waals surface area contributed by atoms with Crippen LogP contribution in [-0.2, 0) is 9.59 Å². The van der Waals surface area contributed by atoms with Crippen molar-refractivity contribution in [2.45, 2.75) is 26.3 Å². The summed E-state index contributed by atoms with van der Waals surface area (Å²) < 4.78 is 11.2. The maximum absolute atomic E-state index is 13.1. The lowest BCUT2D eigenvalue weighted by Crippen LogP contribution is -2.33. The lowest BCUT2D eigenvalue weighted by molar-refractivity contribution is -0.140. The summed E-state index contributed by atoms with van der Waals surface area (Å²) in [5.74, 6) is -0.351. The Hall–Kier alpha value is -3.32. The van der Waals surface area contributed by atoms with Gasteiger partial charge >= 0.3 is 0 Å². The number of benzene rings is 2.